The number of fused-ring (bicyclic) bond motifs is 1. The van der Waals surface area contributed by atoms with Crippen molar-refractivity contribution in [2.24, 2.45) is 0 Å². The smallest absolute Gasteiger partial charge is 0.433 e. The highest BCUT2D eigenvalue weighted by Gasteiger charge is 2.33. The summed E-state index contributed by atoms with van der Waals surface area (Å²) in [4.78, 5) is 17.8. The lowest BCUT2D eigenvalue weighted by Gasteiger charge is -2.22. The molecule has 0 N–H and O–H groups in total. The summed E-state index contributed by atoms with van der Waals surface area (Å²) in [6.45, 7) is 4.06. The Kier molecular flexibility index (Phi) is 4.76. The van der Waals surface area contributed by atoms with Crippen LogP contribution in [0, 0.1) is 6.92 Å². The zero-order valence-electron chi connectivity index (χ0n) is 14.3. The molecule has 3 rings (SSSR count). The first-order chi connectivity index (χ1) is 12.3. The topological polar surface area (TPSA) is 51.7 Å². The second-order valence-corrected chi connectivity index (χ2v) is 5.83. The minimum Gasteiger partial charge on any atom is -0.454 e. The predicted octanol–water partition coefficient (Wildman–Crippen LogP) is 3.80. The zero-order chi connectivity index (χ0) is 18.9. The summed E-state index contributed by atoms with van der Waals surface area (Å²) in [5.74, 6) is 0.883. The fourth-order valence-electron chi connectivity index (χ4n) is 2.70. The van der Waals surface area contributed by atoms with E-state index in [1.54, 1.807) is 19.1 Å². The monoisotopic (exact) mass is 366 g/mol. The molecule has 0 saturated carbocycles. The van der Waals surface area contributed by atoms with Crippen molar-refractivity contribution in [3.05, 3.63) is 52.8 Å². The van der Waals surface area contributed by atoms with E-state index in [9.17, 15) is 18.0 Å². The molecule has 1 amide bonds. The van der Waals surface area contributed by atoms with E-state index in [0.29, 0.717) is 24.6 Å². The minimum atomic E-state index is -4.54. The summed E-state index contributed by atoms with van der Waals surface area (Å²) in [5, 5.41) is 0. The molecule has 0 atom stereocenters. The van der Waals surface area contributed by atoms with Gasteiger partial charge in [-0.2, -0.15) is 13.2 Å². The van der Waals surface area contributed by atoms with Crippen LogP contribution in [-0.2, 0) is 12.7 Å². The molecule has 0 radical (unpaired) electrons. The number of nitrogens with zero attached hydrogens (tertiary/aromatic N) is 2. The molecule has 138 valence electrons. The van der Waals surface area contributed by atoms with Crippen molar-refractivity contribution in [1.82, 2.24) is 9.88 Å². The van der Waals surface area contributed by atoms with Crippen molar-refractivity contribution >= 4 is 5.91 Å². The van der Waals surface area contributed by atoms with E-state index >= 15 is 0 Å². The average Bonchev–Trinajstić information content (AvgIpc) is 3.06. The van der Waals surface area contributed by atoms with Crippen LogP contribution >= 0.6 is 0 Å². The summed E-state index contributed by atoms with van der Waals surface area (Å²) in [5.41, 5.74) is 0.0295. The molecule has 2 aromatic rings. The number of benzene rings is 1. The number of ether oxygens (including phenoxy) is 2. The van der Waals surface area contributed by atoms with E-state index in [1.165, 1.54) is 17.9 Å². The highest BCUT2D eigenvalue weighted by Crippen LogP contribution is 2.33. The number of pyridine rings is 1. The zero-order valence-corrected chi connectivity index (χ0v) is 14.3. The molecule has 1 aliphatic heterocycles. The van der Waals surface area contributed by atoms with Gasteiger partial charge in [0.1, 0.15) is 5.69 Å². The van der Waals surface area contributed by atoms with Gasteiger partial charge in [0.25, 0.3) is 5.91 Å². The van der Waals surface area contributed by atoms with Crippen molar-refractivity contribution in [2.75, 3.05) is 13.3 Å². The fraction of sp³-hybridized carbons (Fsp3) is 0.333. The molecule has 0 spiro atoms. The Balaban J connectivity index is 1.81. The SMILES string of the molecule is CCN(Cc1ccc2c(c1)OCO2)C(=O)c1ccc(C(F)(F)F)nc1C. The van der Waals surface area contributed by atoms with Gasteiger partial charge in [0, 0.05) is 13.1 Å². The molecule has 1 aromatic heterocycles. The van der Waals surface area contributed by atoms with Crippen LogP contribution in [0.4, 0.5) is 13.2 Å². The van der Waals surface area contributed by atoms with E-state index in [0.717, 1.165) is 11.6 Å². The number of carbonyl (C=O) groups excluding carboxylic acids is 1. The Hall–Kier alpha value is -2.77. The molecule has 0 unspecified atom stereocenters. The summed E-state index contributed by atoms with van der Waals surface area (Å²) in [6.07, 6.45) is -4.54. The molecule has 2 heterocycles. The van der Waals surface area contributed by atoms with Gasteiger partial charge in [0.05, 0.1) is 11.3 Å². The molecule has 1 aromatic carbocycles. The number of hydrogen-bond acceptors (Lipinski definition) is 4. The van der Waals surface area contributed by atoms with Crippen LogP contribution in [0.2, 0.25) is 0 Å². The van der Waals surface area contributed by atoms with Gasteiger partial charge in [-0.3, -0.25) is 4.79 Å². The number of alkyl halides is 3. The molecule has 8 heteroatoms. The van der Waals surface area contributed by atoms with Crippen LogP contribution in [0.15, 0.2) is 30.3 Å². The number of halogens is 3. The molecule has 5 nitrogen and oxygen atoms in total. The number of amides is 1. The first kappa shape index (κ1) is 18.0. The Labute approximate surface area is 148 Å². The van der Waals surface area contributed by atoms with Gasteiger partial charge >= 0.3 is 6.18 Å². The predicted molar refractivity (Wildman–Crippen MR) is 87.0 cm³/mol. The van der Waals surface area contributed by atoms with Gasteiger partial charge in [-0.25, -0.2) is 4.98 Å². The van der Waals surface area contributed by atoms with Gasteiger partial charge in [-0.05, 0) is 43.7 Å². The van der Waals surface area contributed by atoms with Crippen LogP contribution in [0.1, 0.15) is 34.2 Å². The number of aryl methyl sites for hydroxylation is 1. The van der Waals surface area contributed by atoms with Gasteiger partial charge in [-0.15, -0.1) is 0 Å². The molecule has 0 aliphatic carbocycles. The Morgan fingerprint density at radius 2 is 1.92 bits per heavy atom. The van der Waals surface area contributed by atoms with E-state index in [4.69, 9.17) is 9.47 Å². The van der Waals surface area contributed by atoms with Gasteiger partial charge in [0.15, 0.2) is 11.5 Å². The van der Waals surface area contributed by atoms with E-state index in [1.807, 2.05) is 6.07 Å². The number of hydrogen-bond donors (Lipinski definition) is 0. The first-order valence-corrected chi connectivity index (χ1v) is 8.02. The Bertz CT molecular complexity index is 837. The standard InChI is InChI=1S/C18H17F3N2O3/c1-3-23(9-12-4-6-14-15(8-12)26-10-25-14)17(24)13-5-7-16(18(19,20)21)22-11(13)2/h4-8H,3,9-10H2,1-2H3. The van der Waals surface area contributed by atoms with Crippen molar-refractivity contribution in [1.29, 1.82) is 0 Å². The summed E-state index contributed by atoms with van der Waals surface area (Å²) in [6, 6.07) is 7.38. The lowest BCUT2D eigenvalue weighted by Crippen LogP contribution is -2.31. The van der Waals surface area contributed by atoms with E-state index in [-0.39, 0.29) is 24.0 Å². The molecular weight excluding hydrogens is 349 g/mol. The molecule has 26 heavy (non-hydrogen) atoms. The lowest BCUT2D eigenvalue weighted by molar-refractivity contribution is -0.141. The van der Waals surface area contributed by atoms with Crippen LogP contribution in [0.3, 0.4) is 0 Å². The second kappa shape index (κ2) is 6.86. The van der Waals surface area contributed by atoms with Crippen LogP contribution in [0.25, 0.3) is 0 Å². The normalized spacial score (nSPS) is 13.0. The highest BCUT2D eigenvalue weighted by molar-refractivity contribution is 5.95. The fourth-order valence-corrected chi connectivity index (χ4v) is 2.70. The third-order valence-corrected chi connectivity index (χ3v) is 4.09. The molecular formula is C18H17F3N2O3. The van der Waals surface area contributed by atoms with Gasteiger partial charge < -0.3 is 14.4 Å². The largest absolute Gasteiger partial charge is 0.454 e. The maximum Gasteiger partial charge on any atom is 0.433 e. The van der Waals surface area contributed by atoms with Crippen LogP contribution in [0.5, 0.6) is 11.5 Å². The average molecular weight is 366 g/mol. The van der Waals surface area contributed by atoms with Crippen LogP contribution < -0.4 is 9.47 Å². The summed E-state index contributed by atoms with van der Waals surface area (Å²) in [7, 11) is 0. The number of aromatic nitrogens is 1. The van der Waals surface area contributed by atoms with Gasteiger partial charge in [-0.1, -0.05) is 6.07 Å². The van der Waals surface area contributed by atoms with Gasteiger partial charge in [0.2, 0.25) is 6.79 Å². The maximum absolute atomic E-state index is 12.7. The quantitative estimate of drug-likeness (QED) is 0.826. The second-order valence-electron chi connectivity index (χ2n) is 5.83. The highest BCUT2D eigenvalue weighted by atomic mass is 19.4. The first-order valence-electron chi connectivity index (χ1n) is 8.02. The third-order valence-electron chi connectivity index (χ3n) is 4.09. The van der Waals surface area contributed by atoms with Crippen molar-refractivity contribution < 1.29 is 27.4 Å². The number of rotatable bonds is 4. The lowest BCUT2D eigenvalue weighted by atomic mass is 10.1. The molecule has 0 bridgehead atoms. The van der Waals surface area contributed by atoms with E-state index in [2.05, 4.69) is 4.98 Å². The molecule has 0 fully saturated rings. The minimum absolute atomic E-state index is 0.0500. The van der Waals surface area contributed by atoms with Crippen molar-refractivity contribution in [3.8, 4) is 11.5 Å². The van der Waals surface area contributed by atoms with Crippen LogP contribution in [-0.4, -0.2) is 29.1 Å². The van der Waals surface area contributed by atoms with Crippen molar-refractivity contribution in [2.45, 2.75) is 26.6 Å². The summed E-state index contributed by atoms with van der Waals surface area (Å²) < 4.78 is 48.8. The Morgan fingerprint density at radius 3 is 2.58 bits per heavy atom. The molecule has 1 aliphatic rings. The molecule has 0 saturated heterocycles. The van der Waals surface area contributed by atoms with Crippen molar-refractivity contribution in [3.63, 3.8) is 0 Å². The number of carbonyl (C=O) groups is 1. The third kappa shape index (κ3) is 3.58. The maximum atomic E-state index is 12.7. The summed E-state index contributed by atoms with van der Waals surface area (Å²) >= 11 is 0. The Morgan fingerprint density at radius 1 is 1.19 bits per heavy atom. The van der Waals surface area contributed by atoms with E-state index < -0.39 is 11.9 Å².